The molecule has 1 aliphatic carbocycles. The van der Waals surface area contributed by atoms with Gasteiger partial charge < -0.3 is 14.6 Å². The highest BCUT2D eigenvalue weighted by Crippen LogP contribution is 2.44. The minimum Gasteiger partial charge on any atom is -0.494 e. The Labute approximate surface area is 174 Å². The van der Waals surface area contributed by atoms with Crippen LogP contribution < -0.4 is 4.74 Å². The van der Waals surface area contributed by atoms with Gasteiger partial charge in [0.25, 0.3) is 0 Å². The van der Waals surface area contributed by atoms with E-state index in [1.54, 1.807) is 12.1 Å². The fraction of sp³-hybridized carbons (Fsp3) is 0.200. The minimum absolute atomic E-state index is 0.0605. The van der Waals surface area contributed by atoms with Crippen molar-refractivity contribution in [3.05, 3.63) is 89.5 Å². The standard InChI is InChI=1S/C25H22O5/c26-24(10-5-15-29-18-13-11-17(12-14-18)25(27)28)30-16-23-21-8-3-1-6-19(21)20-7-2-4-9-22(20)23/h1-4,6-9,11-14,23H,5,10,15-16H2,(H,27,28). The Morgan fingerprint density at radius 3 is 2.03 bits per heavy atom. The van der Waals surface area contributed by atoms with Crippen molar-refractivity contribution in [3.63, 3.8) is 0 Å². The SMILES string of the molecule is O=C(CCCOc1ccc(C(=O)O)cc1)OCC1c2ccccc2-c2ccccc21. The summed E-state index contributed by atoms with van der Waals surface area (Å²) in [6.07, 6.45) is 0.792. The highest BCUT2D eigenvalue weighted by molar-refractivity contribution is 5.87. The first-order valence-electron chi connectivity index (χ1n) is 9.93. The molecule has 0 radical (unpaired) electrons. The Kier molecular flexibility index (Phi) is 5.80. The van der Waals surface area contributed by atoms with Gasteiger partial charge in [0.05, 0.1) is 12.2 Å². The van der Waals surface area contributed by atoms with Gasteiger partial charge in [-0.25, -0.2) is 4.79 Å². The lowest BCUT2D eigenvalue weighted by Gasteiger charge is -2.14. The van der Waals surface area contributed by atoms with Crippen LogP contribution in [-0.4, -0.2) is 30.3 Å². The molecule has 30 heavy (non-hydrogen) atoms. The second-order valence-electron chi connectivity index (χ2n) is 7.19. The number of rotatable bonds is 8. The molecule has 5 heteroatoms. The van der Waals surface area contributed by atoms with E-state index < -0.39 is 5.97 Å². The maximum Gasteiger partial charge on any atom is 0.335 e. The van der Waals surface area contributed by atoms with E-state index >= 15 is 0 Å². The highest BCUT2D eigenvalue weighted by Gasteiger charge is 2.28. The first kappa shape index (κ1) is 19.7. The van der Waals surface area contributed by atoms with E-state index in [-0.39, 0.29) is 23.9 Å². The number of fused-ring (bicyclic) bond motifs is 3. The Bertz CT molecular complexity index is 1010. The molecule has 0 saturated heterocycles. The van der Waals surface area contributed by atoms with Crippen LogP contribution in [0.1, 0.15) is 40.2 Å². The number of carboxylic acids is 1. The zero-order chi connectivity index (χ0) is 20.9. The molecule has 5 nitrogen and oxygen atoms in total. The highest BCUT2D eigenvalue weighted by atomic mass is 16.5. The molecule has 1 aliphatic rings. The molecule has 0 saturated carbocycles. The molecule has 0 fully saturated rings. The van der Waals surface area contributed by atoms with Gasteiger partial charge in [0.2, 0.25) is 0 Å². The van der Waals surface area contributed by atoms with Crippen LogP contribution >= 0.6 is 0 Å². The van der Waals surface area contributed by atoms with E-state index in [4.69, 9.17) is 14.6 Å². The summed E-state index contributed by atoms with van der Waals surface area (Å²) in [5, 5.41) is 8.90. The monoisotopic (exact) mass is 402 g/mol. The number of esters is 1. The van der Waals surface area contributed by atoms with Gasteiger partial charge in [-0.05, 0) is 52.9 Å². The van der Waals surface area contributed by atoms with Gasteiger partial charge in [0, 0.05) is 12.3 Å². The summed E-state index contributed by atoms with van der Waals surface area (Å²) in [5.74, 6) is -0.587. The fourth-order valence-electron chi connectivity index (χ4n) is 3.79. The van der Waals surface area contributed by atoms with Crippen molar-refractivity contribution in [3.8, 4) is 16.9 Å². The molecular formula is C25H22O5. The molecule has 3 aromatic carbocycles. The number of ether oxygens (including phenoxy) is 2. The van der Waals surface area contributed by atoms with Crippen molar-refractivity contribution >= 4 is 11.9 Å². The number of carbonyl (C=O) groups is 2. The number of benzene rings is 3. The number of carbonyl (C=O) groups excluding carboxylic acids is 1. The molecule has 0 spiro atoms. The van der Waals surface area contributed by atoms with Crippen molar-refractivity contribution < 1.29 is 24.2 Å². The van der Waals surface area contributed by atoms with Crippen molar-refractivity contribution in [1.29, 1.82) is 0 Å². The van der Waals surface area contributed by atoms with Gasteiger partial charge in [-0.3, -0.25) is 4.79 Å². The molecule has 3 aromatic rings. The summed E-state index contributed by atoms with van der Waals surface area (Å²) in [7, 11) is 0. The summed E-state index contributed by atoms with van der Waals surface area (Å²) in [6.45, 7) is 0.682. The first-order valence-corrected chi connectivity index (χ1v) is 9.93. The Hall–Kier alpha value is -3.60. The van der Waals surface area contributed by atoms with Gasteiger partial charge in [-0.1, -0.05) is 48.5 Å². The lowest BCUT2D eigenvalue weighted by atomic mass is 9.98. The molecule has 152 valence electrons. The number of carboxylic acid groups (broad SMARTS) is 1. The molecule has 4 rings (SSSR count). The van der Waals surface area contributed by atoms with Crippen LogP contribution in [0.2, 0.25) is 0 Å². The van der Waals surface area contributed by atoms with Gasteiger partial charge >= 0.3 is 11.9 Å². The summed E-state index contributed by atoms with van der Waals surface area (Å²) in [6, 6.07) is 22.7. The molecular weight excluding hydrogens is 380 g/mol. The van der Waals surface area contributed by atoms with E-state index in [0.717, 1.165) is 0 Å². The van der Waals surface area contributed by atoms with Gasteiger partial charge in [0.1, 0.15) is 12.4 Å². The van der Waals surface area contributed by atoms with E-state index in [2.05, 4.69) is 24.3 Å². The second kappa shape index (κ2) is 8.82. The lowest BCUT2D eigenvalue weighted by Crippen LogP contribution is -2.13. The normalized spacial score (nSPS) is 12.1. The fourth-order valence-corrected chi connectivity index (χ4v) is 3.79. The zero-order valence-corrected chi connectivity index (χ0v) is 16.4. The smallest absolute Gasteiger partial charge is 0.335 e. The average Bonchev–Trinajstić information content (AvgIpc) is 3.09. The molecule has 0 amide bonds. The summed E-state index contributed by atoms with van der Waals surface area (Å²) in [4.78, 5) is 23.1. The van der Waals surface area contributed by atoms with E-state index in [9.17, 15) is 9.59 Å². The predicted octanol–water partition coefficient (Wildman–Crippen LogP) is 4.90. The summed E-state index contributed by atoms with van der Waals surface area (Å²) in [5.41, 5.74) is 5.01. The van der Waals surface area contributed by atoms with Gasteiger partial charge in [-0.15, -0.1) is 0 Å². The van der Waals surface area contributed by atoms with Crippen LogP contribution in [-0.2, 0) is 9.53 Å². The molecule has 1 N–H and O–H groups in total. The van der Waals surface area contributed by atoms with Crippen molar-refractivity contribution in [2.45, 2.75) is 18.8 Å². The number of hydrogen-bond acceptors (Lipinski definition) is 4. The Balaban J connectivity index is 1.26. The molecule has 0 aromatic heterocycles. The molecule has 0 aliphatic heterocycles. The Morgan fingerprint density at radius 1 is 0.833 bits per heavy atom. The van der Waals surface area contributed by atoms with Crippen LogP contribution in [0.15, 0.2) is 72.8 Å². The zero-order valence-electron chi connectivity index (χ0n) is 16.4. The van der Waals surface area contributed by atoms with Crippen molar-refractivity contribution in [2.75, 3.05) is 13.2 Å². The van der Waals surface area contributed by atoms with Crippen LogP contribution in [0.25, 0.3) is 11.1 Å². The van der Waals surface area contributed by atoms with Crippen LogP contribution in [0.3, 0.4) is 0 Å². The van der Waals surface area contributed by atoms with Crippen LogP contribution in [0, 0.1) is 0 Å². The van der Waals surface area contributed by atoms with Crippen molar-refractivity contribution in [2.24, 2.45) is 0 Å². The van der Waals surface area contributed by atoms with Gasteiger partial charge in [0.15, 0.2) is 0 Å². The minimum atomic E-state index is -0.975. The molecule has 0 heterocycles. The van der Waals surface area contributed by atoms with Crippen LogP contribution in [0.4, 0.5) is 0 Å². The Morgan fingerprint density at radius 2 is 1.43 bits per heavy atom. The van der Waals surface area contributed by atoms with Crippen molar-refractivity contribution in [1.82, 2.24) is 0 Å². The summed E-state index contributed by atoms with van der Waals surface area (Å²) < 4.78 is 11.1. The number of hydrogen-bond donors (Lipinski definition) is 1. The summed E-state index contributed by atoms with van der Waals surface area (Å²) >= 11 is 0. The lowest BCUT2D eigenvalue weighted by molar-refractivity contribution is -0.144. The van der Waals surface area contributed by atoms with Gasteiger partial charge in [-0.2, -0.15) is 0 Å². The number of aromatic carboxylic acids is 1. The van der Waals surface area contributed by atoms with E-state index in [1.807, 2.05) is 24.3 Å². The molecule has 0 unspecified atom stereocenters. The second-order valence-corrected chi connectivity index (χ2v) is 7.19. The van der Waals surface area contributed by atoms with E-state index in [0.29, 0.717) is 25.4 Å². The molecule has 0 bridgehead atoms. The predicted molar refractivity (Wildman–Crippen MR) is 113 cm³/mol. The van der Waals surface area contributed by atoms with E-state index in [1.165, 1.54) is 34.4 Å². The largest absolute Gasteiger partial charge is 0.494 e. The topological polar surface area (TPSA) is 72.8 Å². The third-order valence-electron chi connectivity index (χ3n) is 5.27. The maximum atomic E-state index is 12.2. The third-order valence-corrected chi connectivity index (χ3v) is 5.27. The quantitative estimate of drug-likeness (QED) is 0.429. The first-order chi connectivity index (χ1) is 14.6. The average molecular weight is 402 g/mol. The third kappa shape index (κ3) is 4.20. The van der Waals surface area contributed by atoms with Crippen LogP contribution in [0.5, 0.6) is 5.75 Å². The molecule has 0 atom stereocenters. The maximum absolute atomic E-state index is 12.2.